The minimum Gasteiger partial charge on any atom is -0.122 e. The minimum absolute atomic E-state index is 0.00664. The lowest BCUT2D eigenvalue weighted by molar-refractivity contribution is 1.44. The third kappa shape index (κ3) is 2.18. The lowest BCUT2D eigenvalue weighted by Gasteiger charge is -2.09. The topological polar surface area (TPSA) is 0 Å². The molecule has 0 N–H and O–H groups in total. The molecule has 0 fully saturated rings. The van der Waals surface area contributed by atoms with Crippen LogP contribution in [-0.2, 0) is 5.88 Å². The van der Waals surface area contributed by atoms with Gasteiger partial charge in [-0.25, -0.2) is 0 Å². The van der Waals surface area contributed by atoms with Crippen molar-refractivity contribution in [3.63, 3.8) is 0 Å². The Labute approximate surface area is 74.3 Å². The highest BCUT2D eigenvalue weighted by atomic mass is 35.5. The number of rotatable bonds is 2. The van der Waals surface area contributed by atoms with Crippen LogP contribution in [0.5, 0.6) is 0 Å². The molecule has 0 spiro atoms. The predicted octanol–water partition coefficient (Wildman–Crippen LogP) is 2.79. The highest BCUT2D eigenvalue weighted by Gasteiger charge is 2.02. The van der Waals surface area contributed by atoms with Crippen molar-refractivity contribution in [2.24, 2.45) is 0 Å². The normalized spacial score (nSPS) is 10.5. The fourth-order valence-corrected chi connectivity index (χ4v) is 2.50. The van der Waals surface area contributed by atoms with Gasteiger partial charge in [-0.05, 0) is 24.2 Å². The zero-order chi connectivity index (χ0) is 8.27. The number of hydrogen-bond donors (Lipinski definition) is 0. The second kappa shape index (κ2) is 4.09. The van der Waals surface area contributed by atoms with E-state index in [1.165, 1.54) is 10.9 Å². The van der Waals surface area contributed by atoms with Crippen molar-refractivity contribution < 1.29 is 0 Å². The Hall–Kier alpha value is -0.0600. The molecule has 0 radical (unpaired) electrons. The first-order valence-electron chi connectivity index (χ1n) is 3.57. The smallest absolute Gasteiger partial charge is 0.0480 e. The average molecular weight is 187 g/mol. The monoisotopic (exact) mass is 186 g/mol. The lowest BCUT2D eigenvalue weighted by atomic mass is 10.2. The van der Waals surface area contributed by atoms with Crippen molar-refractivity contribution in [1.82, 2.24) is 0 Å². The van der Waals surface area contributed by atoms with Crippen LogP contribution in [0, 0.1) is 0 Å². The molecule has 0 amide bonds. The summed E-state index contributed by atoms with van der Waals surface area (Å²) in [5.74, 6) is 0.636. The molecule has 0 nitrogen and oxygen atoms in total. The van der Waals surface area contributed by atoms with Gasteiger partial charge in [0.25, 0.3) is 0 Å². The van der Waals surface area contributed by atoms with Gasteiger partial charge in [-0.3, -0.25) is 0 Å². The molecule has 1 aromatic carbocycles. The number of halogens is 1. The molecule has 0 saturated carbocycles. The first-order valence-corrected chi connectivity index (χ1v) is 6.34. The summed E-state index contributed by atoms with van der Waals surface area (Å²) in [7, 11) is -0.00664. The maximum atomic E-state index is 5.79. The maximum absolute atomic E-state index is 5.79. The molecule has 0 atom stereocenters. The third-order valence-electron chi connectivity index (χ3n) is 1.62. The van der Waals surface area contributed by atoms with E-state index in [1.54, 1.807) is 0 Å². The summed E-state index contributed by atoms with van der Waals surface area (Å²) in [5, 5.41) is 1.43. The van der Waals surface area contributed by atoms with Gasteiger partial charge in [0.1, 0.15) is 0 Å². The van der Waals surface area contributed by atoms with E-state index in [9.17, 15) is 0 Å². The van der Waals surface area contributed by atoms with Gasteiger partial charge in [0.2, 0.25) is 0 Å². The van der Waals surface area contributed by atoms with Gasteiger partial charge in [-0.2, -0.15) is 0 Å². The molecule has 0 aliphatic rings. The quantitative estimate of drug-likeness (QED) is 0.492. The summed E-state index contributed by atoms with van der Waals surface area (Å²) >= 11 is 5.79. The molecule has 0 saturated heterocycles. The average Bonchev–Trinajstić information content (AvgIpc) is 2.04. The maximum Gasteiger partial charge on any atom is 0.0480 e. The van der Waals surface area contributed by atoms with E-state index in [4.69, 9.17) is 11.6 Å². The summed E-state index contributed by atoms with van der Waals surface area (Å²) in [5.41, 5.74) is 1.28. The molecule has 0 aromatic heterocycles. The van der Waals surface area contributed by atoms with Gasteiger partial charge in [0.05, 0.1) is 0 Å². The van der Waals surface area contributed by atoms with Gasteiger partial charge in [0.15, 0.2) is 0 Å². The molecular formula is C9H12ClP. The third-order valence-corrected chi connectivity index (χ3v) is 3.31. The SMILES string of the molecule is CP(C)c1ccccc1CCl. The van der Waals surface area contributed by atoms with Crippen molar-refractivity contribution in [2.45, 2.75) is 5.88 Å². The summed E-state index contributed by atoms with van der Waals surface area (Å²) in [6.07, 6.45) is 0. The summed E-state index contributed by atoms with van der Waals surface area (Å²) < 4.78 is 0. The van der Waals surface area contributed by atoms with E-state index < -0.39 is 0 Å². The Morgan fingerprint density at radius 3 is 2.36 bits per heavy atom. The molecule has 0 heterocycles. The highest BCUT2D eigenvalue weighted by Crippen LogP contribution is 2.25. The largest absolute Gasteiger partial charge is 0.122 e. The zero-order valence-corrected chi connectivity index (χ0v) is 8.49. The van der Waals surface area contributed by atoms with Crippen LogP contribution < -0.4 is 5.30 Å². The van der Waals surface area contributed by atoms with Crippen molar-refractivity contribution in [2.75, 3.05) is 13.3 Å². The van der Waals surface area contributed by atoms with Gasteiger partial charge < -0.3 is 0 Å². The molecule has 1 rings (SSSR count). The molecule has 0 bridgehead atoms. The first kappa shape index (κ1) is 9.03. The fraction of sp³-hybridized carbons (Fsp3) is 0.333. The van der Waals surface area contributed by atoms with E-state index >= 15 is 0 Å². The predicted molar refractivity (Wildman–Crippen MR) is 54.4 cm³/mol. The number of benzene rings is 1. The van der Waals surface area contributed by atoms with E-state index in [1.807, 2.05) is 6.07 Å². The zero-order valence-electron chi connectivity index (χ0n) is 6.84. The molecule has 0 unspecified atom stereocenters. The Morgan fingerprint density at radius 2 is 1.91 bits per heavy atom. The second-order valence-corrected chi connectivity index (χ2v) is 5.19. The van der Waals surface area contributed by atoms with Crippen LogP contribution in [0.25, 0.3) is 0 Å². The summed E-state index contributed by atoms with van der Waals surface area (Å²) in [4.78, 5) is 0. The standard InChI is InChI=1S/C9H12ClP/c1-11(2)9-6-4-3-5-8(9)7-10/h3-6H,7H2,1-2H3. The van der Waals surface area contributed by atoms with Crippen molar-refractivity contribution >= 4 is 24.8 Å². The first-order chi connectivity index (χ1) is 5.25. The summed E-state index contributed by atoms with van der Waals surface area (Å²) in [6.45, 7) is 4.50. The van der Waals surface area contributed by atoms with Crippen LogP contribution >= 0.6 is 19.5 Å². The number of alkyl halides is 1. The van der Waals surface area contributed by atoms with E-state index in [0.29, 0.717) is 5.88 Å². The van der Waals surface area contributed by atoms with Gasteiger partial charge in [0, 0.05) is 5.88 Å². The van der Waals surface area contributed by atoms with Crippen LogP contribution in [-0.4, -0.2) is 13.3 Å². The van der Waals surface area contributed by atoms with Crippen molar-refractivity contribution in [1.29, 1.82) is 0 Å². The lowest BCUT2D eigenvalue weighted by Crippen LogP contribution is -2.04. The van der Waals surface area contributed by atoms with E-state index in [-0.39, 0.29) is 7.92 Å². The second-order valence-electron chi connectivity index (χ2n) is 2.66. The van der Waals surface area contributed by atoms with Crippen molar-refractivity contribution in [3.8, 4) is 0 Å². The van der Waals surface area contributed by atoms with Crippen LogP contribution in [0.2, 0.25) is 0 Å². The Balaban J connectivity index is 3.02. The van der Waals surface area contributed by atoms with Crippen molar-refractivity contribution in [3.05, 3.63) is 29.8 Å². The molecule has 0 aliphatic heterocycles. The molecule has 60 valence electrons. The van der Waals surface area contributed by atoms with Gasteiger partial charge in [-0.15, -0.1) is 11.6 Å². The highest BCUT2D eigenvalue weighted by molar-refractivity contribution is 7.64. The van der Waals surface area contributed by atoms with Crippen LogP contribution in [0.4, 0.5) is 0 Å². The molecule has 0 aliphatic carbocycles. The number of hydrogen-bond acceptors (Lipinski definition) is 0. The van der Waals surface area contributed by atoms with Gasteiger partial charge >= 0.3 is 0 Å². The molecule has 1 aromatic rings. The van der Waals surface area contributed by atoms with E-state index in [0.717, 1.165) is 0 Å². The summed E-state index contributed by atoms with van der Waals surface area (Å²) in [6, 6.07) is 8.39. The van der Waals surface area contributed by atoms with Crippen LogP contribution in [0.1, 0.15) is 5.56 Å². The Morgan fingerprint density at radius 1 is 1.27 bits per heavy atom. The Kier molecular flexibility index (Phi) is 3.36. The van der Waals surface area contributed by atoms with Gasteiger partial charge in [-0.1, -0.05) is 32.2 Å². The fourth-order valence-electron chi connectivity index (χ4n) is 1.06. The molecule has 2 heteroatoms. The Bertz CT molecular complexity index is 233. The van der Waals surface area contributed by atoms with Crippen LogP contribution in [0.3, 0.4) is 0 Å². The molecular weight excluding hydrogens is 175 g/mol. The van der Waals surface area contributed by atoms with E-state index in [2.05, 4.69) is 31.5 Å². The minimum atomic E-state index is -0.00664. The molecule has 11 heavy (non-hydrogen) atoms. The van der Waals surface area contributed by atoms with Crippen LogP contribution in [0.15, 0.2) is 24.3 Å².